The summed E-state index contributed by atoms with van der Waals surface area (Å²) in [6.07, 6.45) is 1.48. The van der Waals surface area contributed by atoms with Crippen LogP contribution < -0.4 is 10.5 Å². The van der Waals surface area contributed by atoms with Gasteiger partial charge in [0.2, 0.25) is 0 Å². The zero-order valence-corrected chi connectivity index (χ0v) is 13.3. The molecule has 2 heterocycles. The van der Waals surface area contributed by atoms with E-state index in [-0.39, 0.29) is 4.90 Å². The number of nitrogens with one attached hydrogen (secondary N) is 1. The van der Waals surface area contributed by atoms with E-state index in [9.17, 15) is 8.42 Å². The molecule has 0 radical (unpaired) electrons. The Kier molecular flexibility index (Phi) is 4.24. The third-order valence-corrected chi connectivity index (χ3v) is 6.02. The van der Waals surface area contributed by atoms with Crippen LogP contribution >= 0.6 is 27.3 Å². The molecule has 102 valence electrons. The third-order valence-electron chi connectivity index (χ3n) is 2.36. The van der Waals surface area contributed by atoms with Gasteiger partial charge >= 0.3 is 0 Å². The number of nitrogens with zero attached hydrogens (tertiary/aromatic N) is 1. The van der Waals surface area contributed by atoms with Crippen LogP contribution in [0.15, 0.2) is 33.1 Å². The molecule has 0 amide bonds. The quantitative estimate of drug-likeness (QED) is 0.875. The van der Waals surface area contributed by atoms with Gasteiger partial charge in [0, 0.05) is 17.1 Å². The van der Waals surface area contributed by atoms with Gasteiger partial charge in [-0.05, 0) is 41.1 Å². The largest absolute Gasteiger partial charge is 0.326 e. The average Bonchev–Trinajstić information content (AvgIpc) is 2.74. The predicted octanol–water partition coefficient (Wildman–Crippen LogP) is 2.47. The fraction of sp³-hybridized carbons (Fsp3) is 0.182. The standard InChI is InChI=1S/C11H12BrN3O2S2/c1-7-2-3-8(6-14-7)15-19(16,17)10-4-9(5-13)18-11(10)12/h2-4,6,15H,5,13H2,1H3. The number of aryl methyl sites for hydroxylation is 1. The molecule has 0 aromatic carbocycles. The van der Waals surface area contributed by atoms with Gasteiger partial charge in [-0.2, -0.15) is 0 Å². The summed E-state index contributed by atoms with van der Waals surface area (Å²) in [5.41, 5.74) is 6.76. The molecule has 2 aromatic rings. The number of hydrogen-bond donors (Lipinski definition) is 2. The first-order valence-electron chi connectivity index (χ1n) is 5.36. The third kappa shape index (κ3) is 3.33. The zero-order chi connectivity index (χ0) is 14.0. The first kappa shape index (κ1) is 14.4. The van der Waals surface area contributed by atoms with Crippen LogP contribution in [0.3, 0.4) is 0 Å². The van der Waals surface area contributed by atoms with Crippen molar-refractivity contribution in [2.75, 3.05) is 4.72 Å². The van der Waals surface area contributed by atoms with E-state index in [0.717, 1.165) is 10.6 Å². The second-order valence-electron chi connectivity index (χ2n) is 3.85. The molecule has 0 unspecified atom stereocenters. The summed E-state index contributed by atoms with van der Waals surface area (Å²) in [6.45, 7) is 2.14. The van der Waals surface area contributed by atoms with Gasteiger partial charge in [-0.25, -0.2) is 8.42 Å². The van der Waals surface area contributed by atoms with Crippen LogP contribution in [0, 0.1) is 6.92 Å². The molecule has 0 aliphatic heterocycles. The first-order valence-corrected chi connectivity index (χ1v) is 8.45. The molecule has 5 nitrogen and oxygen atoms in total. The second kappa shape index (κ2) is 5.58. The van der Waals surface area contributed by atoms with Crippen LogP contribution in [0.2, 0.25) is 0 Å². The lowest BCUT2D eigenvalue weighted by molar-refractivity contribution is 0.601. The number of sulfonamides is 1. The maximum absolute atomic E-state index is 12.2. The number of hydrogen-bond acceptors (Lipinski definition) is 5. The van der Waals surface area contributed by atoms with Gasteiger partial charge in [-0.3, -0.25) is 9.71 Å². The molecule has 0 saturated carbocycles. The van der Waals surface area contributed by atoms with E-state index >= 15 is 0 Å². The number of aromatic nitrogens is 1. The molecule has 0 bridgehead atoms. The van der Waals surface area contributed by atoms with Crippen molar-refractivity contribution in [2.24, 2.45) is 5.73 Å². The number of rotatable bonds is 4. The van der Waals surface area contributed by atoms with Crippen LogP contribution in [0.25, 0.3) is 0 Å². The second-order valence-corrected chi connectivity index (χ2v) is 7.95. The zero-order valence-electron chi connectivity index (χ0n) is 10.1. The van der Waals surface area contributed by atoms with E-state index in [1.54, 1.807) is 18.2 Å². The Hall–Kier alpha value is -0.960. The topological polar surface area (TPSA) is 85.1 Å². The smallest absolute Gasteiger partial charge is 0.263 e. The number of thiophene rings is 1. The van der Waals surface area contributed by atoms with E-state index in [1.807, 2.05) is 6.92 Å². The van der Waals surface area contributed by atoms with Crippen molar-refractivity contribution < 1.29 is 8.42 Å². The molecule has 0 atom stereocenters. The Morgan fingerprint density at radius 2 is 2.21 bits per heavy atom. The number of halogens is 1. The highest BCUT2D eigenvalue weighted by atomic mass is 79.9. The van der Waals surface area contributed by atoms with Crippen molar-refractivity contribution in [3.05, 3.63) is 38.8 Å². The Bertz CT molecular complexity index is 680. The summed E-state index contributed by atoms with van der Waals surface area (Å²) in [6, 6.07) is 4.98. The average molecular weight is 362 g/mol. The fourth-order valence-electron chi connectivity index (χ4n) is 1.42. The summed E-state index contributed by atoms with van der Waals surface area (Å²) in [7, 11) is -3.63. The predicted molar refractivity (Wildman–Crippen MR) is 79.7 cm³/mol. The summed E-state index contributed by atoms with van der Waals surface area (Å²) >= 11 is 4.56. The van der Waals surface area contributed by atoms with Crippen LogP contribution in [-0.2, 0) is 16.6 Å². The van der Waals surface area contributed by atoms with Crippen LogP contribution in [-0.4, -0.2) is 13.4 Å². The Morgan fingerprint density at radius 3 is 2.74 bits per heavy atom. The Labute approximate surface area is 124 Å². The van der Waals surface area contributed by atoms with Crippen molar-refractivity contribution in [1.29, 1.82) is 0 Å². The van der Waals surface area contributed by atoms with Crippen molar-refractivity contribution in [3.63, 3.8) is 0 Å². The van der Waals surface area contributed by atoms with Crippen molar-refractivity contribution in [2.45, 2.75) is 18.4 Å². The van der Waals surface area contributed by atoms with Crippen molar-refractivity contribution in [1.82, 2.24) is 4.98 Å². The van der Waals surface area contributed by atoms with E-state index in [2.05, 4.69) is 25.6 Å². The minimum absolute atomic E-state index is 0.193. The van der Waals surface area contributed by atoms with E-state index in [1.165, 1.54) is 17.5 Å². The van der Waals surface area contributed by atoms with E-state index in [0.29, 0.717) is 16.0 Å². The van der Waals surface area contributed by atoms with Crippen LogP contribution in [0.4, 0.5) is 5.69 Å². The van der Waals surface area contributed by atoms with Gasteiger partial charge in [-0.15, -0.1) is 11.3 Å². The summed E-state index contributed by atoms with van der Waals surface area (Å²) in [5, 5.41) is 0. The number of anilines is 1. The van der Waals surface area contributed by atoms with E-state index < -0.39 is 10.0 Å². The van der Waals surface area contributed by atoms with Gasteiger partial charge in [0.15, 0.2) is 0 Å². The minimum Gasteiger partial charge on any atom is -0.326 e. The highest BCUT2D eigenvalue weighted by molar-refractivity contribution is 9.11. The lowest BCUT2D eigenvalue weighted by atomic mass is 10.4. The van der Waals surface area contributed by atoms with Gasteiger partial charge in [0.25, 0.3) is 10.0 Å². The molecule has 3 N–H and O–H groups in total. The summed E-state index contributed by atoms with van der Waals surface area (Å²) < 4.78 is 27.5. The maximum atomic E-state index is 12.2. The molecule has 0 aliphatic carbocycles. The lowest BCUT2D eigenvalue weighted by Crippen LogP contribution is -2.12. The highest BCUT2D eigenvalue weighted by Crippen LogP contribution is 2.32. The molecule has 19 heavy (non-hydrogen) atoms. The Balaban J connectivity index is 2.31. The summed E-state index contributed by atoms with van der Waals surface area (Å²) in [5.74, 6) is 0. The molecule has 0 fully saturated rings. The number of nitrogens with two attached hydrogens (primary N) is 1. The number of pyridine rings is 1. The van der Waals surface area contributed by atoms with Gasteiger partial charge in [0.1, 0.15) is 4.90 Å². The minimum atomic E-state index is -3.63. The lowest BCUT2D eigenvalue weighted by Gasteiger charge is -2.06. The molecule has 0 aliphatic rings. The fourth-order valence-corrected chi connectivity index (χ4v) is 5.03. The molecule has 0 spiro atoms. The van der Waals surface area contributed by atoms with Crippen molar-refractivity contribution in [3.8, 4) is 0 Å². The molecular formula is C11H12BrN3O2S2. The first-order chi connectivity index (χ1) is 8.92. The van der Waals surface area contributed by atoms with Crippen molar-refractivity contribution >= 4 is 43.0 Å². The molecule has 0 saturated heterocycles. The summed E-state index contributed by atoms with van der Waals surface area (Å²) in [4.78, 5) is 5.04. The van der Waals surface area contributed by atoms with Gasteiger partial charge in [-0.1, -0.05) is 0 Å². The Morgan fingerprint density at radius 1 is 1.47 bits per heavy atom. The molecule has 8 heteroatoms. The van der Waals surface area contributed by atoms with Gasteiger partial charge in [0.05, 0.1) is 15.7 Å². The molecule has 2 aromatic heterocycles. The highest BCUT2D eigenvalue weighted by Gasteiger charge is 2.20. The monoisotopic (exact) mass is 361 g/mol. The molecule has 2 rings (SSSR count). The van der Waals surface area contributed by atoms with Gasteiger partial charge < -0.3 is 5.73 Å². The maximum Gasteiger partial charge on any atom is 0.263 e. The SMILES string of the molecule is Cc1ccc(NS(=O)(=O)c2cc(CN)sc2Br)cn1. The van der Waals surface area contributed by atoms with Crippen LogP contribution in [0.5, 0.6) is 0 Å². The van der Waals surface area contributed by atoms with E-state index in [4.69, 9.17) is 5.73 Å². The molecular weight excluding hydrogens is 350 g/mol. The van der Waals surface area contributed by atoms with Crippen LogP contribution in [0.1, 0.15) is 10.6 Å². The normalized spacial score (nSPS) is 11.5.